The number of carboxylic acids is 1. The number of hydrogen-bond acceptors (Lipinski definition) is 4. The van der Waals surface area contributed by atoms with E-state index in [1.807, 2.05) is 18.2 Å². The van der Waals surface area contributed by atoms with E-state index >= 15 is 0 Å². The molecule has 1 amide bonds. The number of alkyl halides is 3. The monoisotopic (exact) mass is 509 g/mol. The summed E-state index contributed by atoms with van der Waals surface area (Å²) in [6.45, 7) is 2.08. The van der Waals surface area contributed by atoms with E-state index < -0.39 is 29.7 Å². The van der Waals surface area contributed by atoms with E-state index in [9.17, 15) is 26.7 Å². The summed E-state index contributed by atoms with van der Waals surface area (Å²) >= 11 is 0. The number of nitrogens with zero attached hydrogens (tertiary/aromatic N) is 1. The number of fused-ring (bicyclic) bond motifs is 1. The van der Waals surface area contributed by atoms with E-state index in [0.717, 1.165) is 60.6 Å². The summed E-state index contributed by atoms with van der Waals surface area (Å²) in [5, 5.41) is 14.7. The fourth-order valence-electron chi connectivity index (χ4n) is 3.97. The van der Waals surface area contributed by atoms with E-state index in [1.165, 1.54) is 5.56 Å². The first kappa shape index (κ1) is 26.8. The van der Waals surface area contributed by atoms with Crippen molar-refractivity contribution in [1.29, 1.82) is 0 Å². The minimum Gasteiger partial charge on any atom is -0.475 e. The lowest BCUT2D eigenvalue weighted by molar-refractivity contribution is -0.192. The van der Waals surface area contributed by atoms with Crippen LogP contribution < -0.4 is 10.6 Å². The van der Waals surface area contributed by atoms with Crippen molar-refractivity contribution in [2.75, 3.05) is 5.32 Å². The van der Waals surface area contributed by atoms with Gasteiger partial charge in [0.2, 0.25) is 0 Å². The third-order valence-electron chi connectivity index (χ3n) is 5.70. The van der Waals surface area contributed by atoms with Crippen LogP contribution in [0.4, 0.5) is 27.8 Å². The molecule has 2 aromatic carbocycles. The van der Waals surface area contributed by atoms with E-state index in [1.54, 1.807) is 0 Å². The van der Waals surface area contributed by atoms with Crippen LogP contribution in [0.3, 0.4) is 0 Å². The topological polar surface area (TPSA) is 91.3 Å². The molecule has 0 radical (unpaired) electrons. The predicted octanol–water partition coefficient (Wildman–Crippen LogP) is 5.61. The van der Waals surface area contributed by atoms with Crippen LogP contribution in [-0.2, 0) is 4.79 Å². The standard InChI is InChI=1S/C23H23F2N3O.C2HF3O2/c1-14-10-22(28-21-5-3-2-4-20(14)21)26-18-6-8-19(9-7-18)27-23(29)15-11-16(24)13-17(25)12-15;3-2(4,5)1(6)7/h2-5,10-13,18-19H,6-9H2,1H3,(H,26,28)(H,27,29);(H,6,7)/t18-,19+;. The van der Waals surface area contributed by atoms with Crippen molar-refractivity contribution >= 4 is 28.6 Å². The number of anilines is 1. The molecule has 0 aliphatic heterocycles. The van der Waals surface area contributed by atoms with Gasteiger partial charge in [-0.2, -0.15) is 13.2 Å². The minimum atomic E-state index is -5.08. The zero-order valence-electron chi connectivity index (χ0n) is 19.2. The second-order valence-electron chi connectivity index (χ2n) is 8.47. The molecule has 1 heterocycles. The van der Waals surface area contributed by atoms with Gasteiger partial charge < -0.3 is 15.7 Å². The first-order valence-corrected chi connectivity index (χ1v) is 11.1. The maximum atomic E-state index is 13.3. The molecule has 36 heavy (non-hydrogen) atoms. The highest BCUT2D eigenvalue weighted by Gasteiger charge is 2.38. The van der Waals surface area contributed by atoms with Crippen molar-refractivity contribution in [1.82, 2.24) is 10.3 Å². The Hall–Kier alpha value is -3.76. The molecular weight excluding hydrogens is 485 g/mol. The van der Waals surface area contributed by atoms with E-state index in [2.05, 4.69) is 29.7 Å². The molecule has 3 N–H and O–H groups in total. The highest BCUT2D eigenvalue weighted by atomic mass is 19.4. The van der Waals surface area contributed by atoms with E-state index in [0.29, 0.717) is 0 Å². The summed E-state index contributed by atoms with van der Waals surface area (Å²) in [7, 11) is 0. The first-order valence-electron chi connectivity index (χ1n) is 11.1. The molecule has 1 saturated carbocycles. The second-order valence-corrected chi connectivity index (χ2v) is 8.47. The molecule has 0 bridgehead atoms. The fraction of sp³-hybridized carbons (Fsp3) is 0.320. The lowest BCUT2D eigenvalue weighted by atomic mass is 9.91. The van der Waals surface area contributed by atoms with Gasteiger partial charge in [-0.25, -0.2) is 18.6 Å². The van der Waals surface area contributed by atoms with Crippen LogP contribution in [-0.4, -0.2) is 40.2 Å². The van der Waals surface area contributed by atoms with Gasteiger partial charge in [-0.3, -0.25) is 4.79 Å². The van der Waals surface area contributed by atoms with Crippen molar-refractivity contribution < 1.29 is 36.6 Å². The number of carboxylic acid groups (broad SMARTS) is 1. The van der Waals surface area contributed by atoms with Crippen molar-refractivity contribution in [2.24, 2.45) is 0 Å². The van der Waals surface area contributed by atoms with Crippen molar-refractivity contribution in [2.45, 2.75) is 50.9 Å². The summed E-state index contributed by atoms with van der Waals surface area (Å²) in [4.78, 5) is 25.9. The molecule has 0 saturated heterocycles. The summed E-state index contributed by atoms with van der Waals surface area (Å²) < 4.78 is 58.4. The maximum Gasteiger partial charge on any atom is 0.490 e. The van der Waals surface area contributed by atoms with Crippen LogP contribution in [0.1, 0.15) is 41.6 Å². The quantitative estimate of drug-likeness (QED) is 0.398. The van der Waals surface area contributed by atoms with Gasteiger partial charge in [0.05, 0.1) is 5.52 Å². The third-order valence-corrected chi connectivity index (χ3v) is 5.70. The molecule has 1 aliphatic rings. The average molecular weight is 509 g/mol. The SMILES string of the molecule is Cc1cc(N[C@H]2CC[C@@H](NC(=O)c3cc(F)cc(F)c3)CC2)nc2ccccc12.O=C(O)C(F)(F)F. The zero-order valence-corrected chi connectivity index (χ0v) is 19.2. The normalized spacial score (nSPS) is 17.6. The first-order chi connectivity index (χ1) is 16.9. The van der Waals surface area contributed by atoms with Crippen LogP contribution in [0, 0.1) is 18.6 Å². The Labute approximate surface area is 203 Å². The van der Waals surface area contributed by atoms with Crippen LogP contribution in [0.25, 0.3) is 10.9 Å². The molecule has 1 aliphatic carbocycles. The number of aryl methyl sites for hydroxylation is 1. The lowest BCUT2D eigenvalue weighted by Crippen LogP contribution is -2.40. The number of carbonyl (C=O) groups excluding carboxylic acids is 1. The van der Waals surface area contributed by atoms with Gasteiger partial charge in [0, 0.05) is 29.1 Å². The number of pyridine rings is 1. The Morgan fingerprint density at radius 1 is 0.944 bits per heavy atom. The smallest absolute Gasteiger partial charge is 0.475 e. The summed E-state index contributed by atoms with van der Waals surface area (Å²) in [6, 6.07) is 13.3. The van der Waals surface area contributed by atoms with Crippen molar-refractivity contribution in [3.63, 3.8) is 0 Å². The van der Waals surface area contributed by atoms with Gasteiger partial charge in [-0.1, -0.05) is 18.2 Å². The summed E-state index contributed by atoms with van der Waals surface area (Å²) in [6.07, 6.45) is -1.71. The number of carbonyl (C=O) groups is 2. The highest BCUT2D eigenvalue weighted by molar-refractivity contribution is 5.94. The van der Waals surface area contributed by atoms with Crippen LogP contribution >= 0.6 is 0 Å². The number of hydrogen-bond donors (Lipinski definition) is 3. The number of nitrogens with one attached hydrogen (secondary N) is 2. The molecule has 4 rings (SSSR count). The van der Waals surface area contributed by atoms with Crippen molar-refractivity contribution in [3.8, 4) is 0 Å². The average Bonchev–Trinajstić information content (AvgIpc) is 2.79. The van der Waals surface area contributed by atoms with Gasteiger partial charge in [-0.05, 0) is 62.4 Å². The molecule has 3 aromatic rings. The molecule has 6 nitrogen and oxygen atoms in total. The highest BCUT2D eigenvalue weighted by Crippen LogP contribution is 2.25. The Morgan fingerprint density at radius 2 is 1.50 bits per heavy atom. The summed E-state index contributed by atoms with van der Waals surface area (Å²) in [5.41, 5.74) is 2.17. The molecule has 11 heteroatoms. The zero-order chi connectivity index (χ0) is 26.5. The van der Waals surface area contributed by atoms with Gasteiger partial charge in [0.25, 0.3) is 5.91 Å². The van der Waals surface area contributed by atoms with E-state index in [-0.39, 0.29) is 17.6 Å². The van der Waals surface area contributed by atoms with Crippen LogP contribution in [0.5, 0.6) is 0 Å². The van der Waals surface area contributed by atoms with Gasteiger partial charge in [0.1, 0.15) is 17.5 Å². The molecule has 192 valence electrons. The molecular formula is C25H24F5N3O3. The van der Waals surface area contributed by atoms with Gasteiger partial charge >= 0.3 is 12.1 Å². The van der Waals surface area contributed by atoms with Crippen LogP contribution in [0.15, 0.2) is 48.5 Å². The summed E-state index contributed by atoms with van der Waals surface area (Å²) in [5.74, 6) is -3.83. The third kappa shape index (κ3) is 7.37. The predicted molar refractivity (Wildman–Crippen MR) is 124 cm³/mol. The minimum absolute atomic E-state index is 0.00169. The molecule has 1 aromatic heterocycles. The number of aliphatic carboxylic acids is 1. The number of para-hydroxylation sites is 1. The number of amides is 1. The Bertz CT molecular complexity index is 1220. The largest absolute Gasteiger partial charge is 0.490 e. The molecule has 1 fully saturated rings. The molecule has 0 unspecified atom stereocenters. The Kier molecular flexibility index (Phi) is 8.44. The van der Waals surface area contributed by atoms with Crippen molar-refractivity contribution in [3.05, 3.63) is 71.3 Å². The van der Waals surface area contributed by atoms with E-state index in [4.69, 9.17) is 14.9 Å². The van der Waals surface area contributed by atoms with Crippen LogP contribution in [0.2, 0.25) is 0 Å². The molecule has 0 atom stereocenters. The number of halogens is 5. The lowest BCUT2D eigenvalue weighted by Gasteiger charge is -2.30. The number of aromatic nitrogens is 1. The Morgan fingerprint density at radius 3 is 2.08 bits per heavy atom. The fourth-order valence-corrected chi connectivity index (χ4v) is 3.97. The number of rotatable bonds is 4. The Balaban J connectivity index is 0.000000454. The second kappa shape index (κ2) is 11.3. The number of benzene rings is 2. The van der Waals surface area contributed by atoms with Gasteiger partial charge in [0.15, 0.2) is 0 Å². The molecule has 0 spiro atoms. The van der Waals surface area contributed by atoms with Gasteiger partial charge in [-0.15, -0.1) is 0 Å². The maximum absolute atomic E-state index is 13.3.